The van der Waals surface area contributed by atoms with E-state index in [0.29, 0.717) is 5.91 Å². The first kappa shape index (κ1) is 15.9. The van der Waals surface area contributed by atoms with Gasteiger partial charge in [0.25, 0.3) is 0 Å². The second-order valence-corrected chi connectivity index (χ2v) is 9.74. The Bertz CT molecular complexity index is 656. The predicted molar refractivity (Wildman–Crippen MR) is 100 cm³/mol. The van der Waals surface area contributed by atoms with Gasteiger partial charge < -0.3 is 4.90 Å². The van der Waals surface area contributed by atoms with Crippen molar-refractivity contribution in [3.8, 4) is 0 Å². The first-order valence-electron chi connectivity index (χ1n) is 10.5. The van der Waals surface area contributed by atoms with Crippen LogP contribution in [0.15, 0.2) is 24.3 Å². The highest BCUT2D eigenvalue weighted by molar-refractivity contribution is 5.83. The van der Waals surface area contributed by atoms with Crippen molar-refractivity contribution in [2.24, 2.45) is 17.3 Å². The first-order chi connectivity index (χ1) is 12.1. The van der Waals surface area contributed by atoms with Crippen molar-refractivity contribution < 1.29 is 4.79 Å². The largest absolute Gasteiger partial charge is 0.342 e. The van der Waals surface area contributed by atoms with Crippen LogP contribution >= 0.6 is 0 Å². The summed E-state index contributed by atoms with van der Waals surface area (Å²) < 4.78 is 0. The van der Waals surface area contributed by atoms with E-state index in [4.69, 9.17) is 0 Å². The summed E-state index contributed by atoms with van der Waals surface area (Å²) in [5.74, 6) is 2.07. The smallest absolute Gasteiger partial charge is 0.228 e. The molecule has 5 aliphatic rings. The normalized spacial score (nSPS) is 39.6. The van der Waals surface area contributed by atoms with E-state index < -0.39 is 0 Å². The fraction of sp³-hybridized carbons (Fsp3) is 0.696. The van der Waals surface area contributed by atoms with Crippen molar-refractivity contribution in [3.05, 3.63) is 35.4 Å². The van der Waals surface area contributed by atoms with Gasteiger partial charge in [0, 0.05) is 13.1 Å². The monoisotopic (exact) mass is 337 g/mol. The number of hydrogen-bond acceptors (Lipinski definition) is 1. The van der Waals surface area contributed by atoms with Crippen LogP contribution in [-0.4, -0.2) is 23.9 Å². The lowest BCUT2D eigenvalue weighted by atomic mass is 9.42. The average Bonchev–Trinajstić information content (AvgIpc) is 2.61. The Balaban J connectivity index is 1.50. The van der Waals surface area contributed by atoms with E-state index >= 15 is 0 Å². The van der Waals surface area contributed by atoms with Crippen LogP contribution in [0.2, 0.25) is 0 Å². The molecule has 6 rings (SSSR count). The maximum absolute atomic E-state index is 13.6. The molecule has 2 heteroatoms. The van der Waals surface area contributed by atoms with Crippen LogP contribution in [0.5, 0.6) is 0 Å². The van der Waals surface area contributed by atoms with Crippen LogP contribution in [-0.2, 0) is 10.2 Å². The van der Waals surface area contributed by atoms with Crippen LogP contribution in [0.4, 0.5) is 0 Å². The second kappa shape index (κ2) is 5.59. The minimum absolute atomic E-state index is 0.0354. The number of rotatable bonds is 2. The third-order valence-electron chi connectivity index (χ3n) is 7.82. The fourth-order valence-electron chi connectivity index (χ4n) is 7.19. The molecule has 1 saturated heterocycles. The number of likely N-dealkylation sites (tertiary alicyclic amines) is 1. The van der Waals surface area contributed by atoms with Gasteiger partial charge >= 0.3 is 0 Å². The Morgan fingerprint density at radius 3 is 2.24 bits per heavy atom. The van der Waals surface area contributed by atoms with E-state index in [9.17, 15) is 4.79 Å². The Morgan fingerprint density at radius 1 is 0.960 bits per heavy atom. The van der Waals surface area contributed by atoms with Crippen molar-refractivity contribution in [2.45, 2.75) is 70.1 Å². The summed E-state index contributed by atoms with van der Waals surface area (Å²) in [6.07, 6.45) is 11.2. The molecule has 2 nitrogen and oxygen atoms in total. The topological polar surface area (TPSA) is 20.3 Å². The molecule has 1 aliphatic heterocycles. The molecular weight excluding hydrogens is 306 g/mol. The molecular formula is C23H31NO. The fourth-order valence-corrected chi connectivity index (χ4v) is 7.19. The van der Waals surface area contributed by atoms with Gasteiger partial charge in [0.15, 0.2) is 0 Å². The Kier molecular flexibility index (Phi) is 3.56. The molecule has 4 atom stereocenters. The number of carbonyl (C=O) groups excluding carboxylic acids is 1. The van der Waals surface area contributed by atoms with E-state index in [1.807, 2.05) is 0 Å². The lowest BCUT2D eigenvalue weighted by molar-refractivity contribution is -0.161. The van der Waals surface area contributed by atoms with Crippen molar-refractivity contribution in [1.29, 1.82) is 0 Å². The van der Waals surface area contributed by atoms with E-state index in [1.54, 1.807) is 0 Å². The molecule has 1 heterocycles. The molecule has 4 aliphatic carbocycles. The van der Waals surface area contributed by atoms with Gasteiger partial charge in [0.2, 0.25) is 5.91 Å². The van der Waals surface area contributed by atoms with Gasteiger partial charge in [-0.05, 0) is 87.5 Å². The molecule has 4 saturated carbocycles. The van der Waals surface area contributed by atoms with E-state index in [-0.39, 0.29) is 10.8 Å². The van der Waals surface area contributed by atoms with Gasteiger partial charge in [0.05, 0.1) is 5.41 Å². The number of carbonyl (C=O) groups is 1. The van der Waals surface area contributed by atoms with Gasteiger partial charge in [-0.25, -0.2) is 0 Å². The van der Waals surface area contributed by atoms with Gasteiger partial charge in [-0.3, -0.25) is 4.79 Å². The average molecular weight is 338 g/mol. The molecule has 1 aromatic carbocycles. The zero-order chi connectivity index (χ0) is 17.1. The van der Waals surface area contributed by atoms with Crippen LogP contribution < -0.4 is 0 Å². The molecule has 134 valence electrons. The Labute approximate surface area is 152 Å². The third kappa shape index (κ3) is 2.47. The Morgan fingerprint density at radius 2 is 1.60 bits per heavy atom. The number of amides is 1. The highest BCUT2D eigenvalue weighted by Gasteiger charge is 2.61. The summed E-state index contributed by atoms with van der Waals surface area (Å²) >= 11 is 0. The quantitative estimate of drug-likeness (QED) is 0.756. The summed E-state index contributed by atoms with van der Waals surface area (Å²) in [5.41, 5.74) is 3.10. The van der Waals surface area contributed by atoms with Crippen LogP contribution in [0.25, 0.3) is 0 Å². The van der Waals surface area contributed by atoms with Crippen molar-refractivity contribution in [2.75, 3.05) is 13.1 Å². The van der Waals surface area contributed by atoms with Gasteiger partial charge in [0.1, 0.15) is 0 Å². The minimum Gasteiger partial charge on any atom is -0.342 e. The number of aryl methyl sites for hydroxylation is 1. The highest BCUT2D eigenvalue weighted by atomic mass is 16.2. The summed E-state index contributed by atoms with van der Waals surface area (Å²) in [6.45, 7) is 4.19. The van der Waals surface area contributed by atoms with Crippen molar-refractivity contribution >= 4 is 5.91 Å². The molecule has 5 fully saturated rings. The van der Waals surface area contributed by atoms with Crippen molar-refractivity contribution in [1.82, 2.24) is 4.90 Å². The summed E-state index contributed by atoms with van der Waals surface area (Å²) in [5, 5.41) is 0. The zero-order valence-electron chi connectivity index (χ0n) is 15.6. The van der Waals surface area contributed by atoms with Crippen LogP contribution in [0, 0.1) is 24.2 Å². The van der Waals surface area contributed by atoms with Crippen molar-refractivity contribution in [3.63, 3.8) is 0 Å². The van der Waals surface area contributed by atoms with E-state index in [2.05, 4.69) is 36.1 Å². The summed E-state index contributed by atoms with van der Waals surface area (Å²) in [4.78, 5) is 15.8. The van der Waals surface area contributed by atoms with Gasteiger partial charge in [-0.15, -0.1) is 0 Å². The summed E-state index contributed by atoms with van der Waals surface area (Å²) in [6, 6.07) is 9.27. The number of benzene rings is 1. The zero-order valence-corrected chi connectivity index (χ0v) is 15.6. The molecule has 0 radical (unpaired) electrons. The van der Waals surface area contributed by atoms with Gasteiger partial charge in [-0.1, -0.05) is 29.8 Å². The maximum Gasteiger partial charge on any atom is 0.228 e. The molecule has 0 spiro atoms. The van der Waals surface area contributed by atoms with E-state index in [0.717, 1.165) is 31.3 Å². The number of nitrogens with zero attached hydrogens (tertiary/aromatic N) is 1. The molecule has 0 N–H and O–H groups in total. The number of piperidine rings is 1. The minimum atomic E-state index is -0.0354. The molecule has 1 aromatic rings. The lowest BCUT2D eigenvalue weighted by Gasteiger charge is -2.62. The molecule has 1 amide bonds. The maximum atomic E-state index is 13.6. The lowest BCUT2D eigenvalue weighted by Crippen LogP contribution is -2.60. The standard InChI is InChI=1S/C23H31NO/c1-17-5-7-20(8-6-17)22-12-18-11-19(13-22)15-23(14-18,16-22)21(25)24-9-3-2-4-10-24/h5-8,18-19H,2-4,9-16H2,1H3/t18-,19+,22?,23?. The molecule has 4 bridgehead atoms. The third-order valence-corrected chi connectivity index (χ3v) is 7.82. The molecule has 25 heavy (non-hydrogen) atoms. The second-order valence-electron chi connectivity index (χ2n) is 9.74. The predicted octanol–water partition coefficient (Wildman–Crippen LogP) is 4.85. The van der Waals surface area contributed by atoms with Crippen LogP contribution in [0.3, 0.4) is 0 Å². The summed E-state index contributed by atoms with van der Waals surface area (Å²) in [7, 11) is 0. The first-order valence-corrected chi connectivity index (χ1v) is 10.5. The SMILES string of the molecule is Cc1ccc(C23C[C@@H]4C[C@@H](CC(C(=O)N5CCCCC5)(C4)C2)C3)cc1. The van der Waals surface area contributed by atoms with Gasteiger partial charge in [-0.2, -0.15) is 0 Å². The highest BCUT2D eigenvalue weighted by Crippen LogP contribution is 2.66. The van der Waals surface area contributed by atoms with Crippen LogP contribution in [0.1, 0.15) is 68.9 Å². The Hall–Kier alpha value is -1.31. The van der Waals surface area contributed by atoms with E-state index in [1.165, 1.54) is 62.5 Å². The molecule has 2 unspecified atom stereocenters. The molecule has 0 aromatic heterocycles. The number of hydrogen-bond donors (Lipinski definition) is 0.